The summed E-state index contributed by atoms with van der Waals surface area (Å²) in [6, 6.07) is 7.40. The fraction of sp³-hybridized carbons (Fsp3) is 0.0833. The zero-order valence-corrected chi connectivity index (χ0v) is 8.53. The Morgan fingerprint density at radius 2 is 2.06 bits per heavy atom. The lowest BCUT2D eigenvalue weighted by Crippen LogP contribution is -1.94. The number of carboxylic acids is 1. The van der Waals surface area contributed by atoms with Gasteiger partial charge in [-0.15, -0.1) is 0 Å². The first-order valence-corrected chi connectivity index (χ1v) is 4.68. The molecule has 4 heteroatoms. The lowest BCUT2D eigenvalue weighted by Gasteiger charge is -1.97. The Bertz CT molecular complexity index is 543. The number of hydrogen-bond acceptors (Lipinski definition) is 2. The molecule has 0 saturated heterocycles. The molecule has 0 unspecified atom stereocenters. The van der Waals surface area contributed by atoms with E-state index in [1.807, 2.05) is 0 Å². The second-order valence-corrected chi connectivity index (χ2v) is 3.37. The smallest absolute Gasteiger partial charge is 0.339 e. The van der Waals surface area contributed by atoms with Gasteiger partial charge in [0.05, 0.1) is 5.56 Å². The van der Waals surface area contributed by atoms with Crippen molar-refractivity contribution in [1.82, 2.24) is 0 Å². The molecule has 1 N–H and O–H groups in total. The van der Waals surface area contributed by atoms with Crippen molar-refractivity contribution in [3.63, 3.8) is 0 Å². The molecule has 0 spiro atoms. The van der Waals surface area contributed by atoms with Crippen LogP contribution in [0.25, 0.3) is 11.3 Å². The maximum absolute atomic E-state index is 13.4. The number of rotatable bonds is 2. The van der Waals surface area contributed by atoms with E-state index in [0.29, 0.717) is 0 Å². The van der Waals surface area contributed by atoms with Crippen LogP contribution in [-0.2, 0) is 0 Å². The predicted molar refractivity (Wildman–Crippen MR) is 55.8 cm³/mol. The summed E-state index contributed by atoms with van der Waals surface area (Å²) >= 11 is 0. The molecule has 0 bridgehead atoms. The summed E-state index contributed by atoms with van der Waals surface area (Å²) in [4.78, 5) is 10.8. The Labute approximate surface area is 91.1 Å². The van der Waals surface area contributed by atoms with Crippen LogP contribution in [0.4, 0.5) is 4.39 Å². The summed E-state index contributed by atoms with van der Waals surface area (Å²) in [7, 11) is 0. The van der Waals surface area contributed by atoms with Crippen LogP contribution < -0.4 is 0 Å². The third kappa shape index (κ3) is 1.69. The molecular weight excluding hydrogens is 211 g/mol. The van der Waals surface area contributed by atoms with E-state index in [1.54, 1.807) is 18.2 Å². The van der Waals surface area contributed by atoms with Crippen LogP contribution >= 0.6 is 0 Å². The fourth-order valence-corrected chi connectivity index (χ4v) is 1.49. The van der Waals surface area contributed by atoms with Crippen molar-refractivity contribution in [2.24, 2.45) is 0 Å². The average molecular weight is 220 g/mol. The average Bonchev–Trinajstić information content (AvgIpc) is 2.61. The minimum Gasteiger partial charge on any atom is -0.478 e. The lowest BCUT2D eigenvalue weighted by atomic mass is 10.1. The number of aromatic carboxylic acids is 1. The van der Waals surface area contributed by atoms with Crippen LogP contribution in [0, 0.1) is 12.7 Å². The highest BCUT2D eigenvalue weighted by atomic mass is 19.1. The molecule has 1 aromatic heterocycles. The Kier molecular flexibility index (Phi) is 2.48. The molecule has 0 aliphatic rings. The molecule has 0 radical (unpaired) electrons. The van der Waals surface area contributed by atoms with Gasteiger partial charge in [0.2, 0.25) is 0 Å². The molecule has 82 valence electrons. The van der Waals surface area contributed by atoms with Crippen LogP contribution in [0.1, 0.15) is 16.1 Å². The standard InChI is InChI=1S/C12H9FO3/c1-7-9(12(14)15)6-11(16-7)8-4-2-3-5-10(8)13/h2-6H,1H3,(H,14,15). The third-order valence-electron chi connectivity index (χ3n) is 2.29. The van der Waals surface area contributed by atoms with Gasteiger partial charge in [-0.25, -0.2) is 9.18 Å². The molecule has 0 aliphatic carbocycles. The van der Waals surface area contributed by atoms with Crippen molar-refractivity contribution >= 4 is 5.97 Å². The van der Waals surface area contributed by atoms with E-state index >= 15 is 0 Å². The molecule has 1 aromatic carbocycles. The van der Waals surface area contributed by atoms with Crippen molar-refractivity contribution in [1.29, 1.82) is 0 Å². The third-order valence-corrected chi connectivity index (χ3v) is 2.29. The Hall–Kier alpha value is -2.10. The summed E-state index contributed by atoms with van der Waals surface area (Å²) in [6.45, 7) is 1.54. The SMILES string of the molecule is Cc1oc(-c2ccccc2F)cc1C(=O)O. The maximum atomic E-state index is 13.4. The van der Waals surface area contributed by atoms with Crippen molar-refractivity contribution in [2.45, 2.75) is 6.92 Å². The minimum absolute atomic E-state index is 0.0539. The van der Waals surface area contributed by atoms with E-state index in [1.165, 1.54) is 19.1 Å². The molecule has 1 heterocycles. The number of carboxylic acid groups (broad SMARTS) is 1. The molecule has 0 amide bonds. The van der Waals surface area contributed by atoms with Crippen LogP contribution in [0.3, 0.4) is 0 Å². The van der Waals surface area contributed by atoms with Crippen LogP contribution in [0.5, 0.6) is 0 Å². The van der Waals surface area contributed by atoms with Crippen molar-refractivity contribution in [3.05, 3.63) is 47.5 Å². The second-order valence-electron chi connectivity index (χ2n) is 3.37. The second kappa shape index (κ2) is 3.81. The Balaban J connectivity index is 2.54. The molecule has 2 rings (SSSR count). The van der Waals surface area contributed by atoms with Crippen LogP contribution in [-0.4, -0.2) is 11.1 Å². The summed E-state index contributed by atoms with van der Waals surface area (Å²) in [5, 5.41) is 8.84. The zero-order chi connectivity index (χ0) is 11.7. The van der Waals surface area contributed by atoms with E-state index in [9.17, 15) is 9.18 Å². The van der Waals surface area contributed by atoms with Crippen LogP contribution in [0.15, 0.2) is 34.7 Å². The molecule has 3 nitrogen and oxygen atoms in total. The molecule has 2 aromatic rings. The van der Waals surface area contributed by atoms with Gasteiger partial charge in [-0.1, -0.05) is 12.1 Å². The summed E-state index contributed by atoms with van der Waals surface area (Å²) in [5.41, 5.74) is 0.316. The van der Waals surface area contributed by atoms with Crippen molar-refractivity contribution in [2.75, 3.05) is 0 Å². The van der Waals surface area contributed by atoms with Gasteiger partial charge in [0.1, 0.15) is 22.9 Å². The molecule has 0 atom stereocenters. The van der Waals surface area contributed by atoms with Crippen molar-refractivity contribution < 1.29 is 18.7 Å². The first kappa shape index (κ1) is 10.4. The molecule has 0 fully saturated rings. The van der Waals surface area contributed by atoms with Crippen molar-refractivity contribution in [3.8, 4) is 11.3 Å². The highest BCUT2D eigenvalue weighted by Crippen LogP contribution is 2.27. The normalized spacial score (nSPS) is 10.4. The maximum Gasteiger partial charge on any atom is 0.339 e. The van der Waals surface area contributed by atoms with Gasteiger partial charge in [-0.3, -0.25) is 0 Å². The number of benzene rings is 1. The summed E-state index contributed by atoms with van der Waals surface area (Å²) in [5.74, 6) is -1.02. The first-order chi connectivity index (χ1) is 7.59. The quantitative estimate of drug-likeness (QED) is 0.845. The topological polar surface area (TPSA) is 50.4 Å². The summed E-state index contributed by atoms with van der Waals surface area (Å²) < 4.78 is 18.6. The van der Waals surface area contributed by atoms with Gasteiger partial charge in [0, 0.05) is 0 Å². The molecule has 0 saturated carbocycles. The zero-order valence-electron chi connectivity index (χ0n) is 8.53. The van der Waals surface area contributed by atoms with Gasteiger partial charge in [0.25, 0.3) is 0 Å². The van der Waals surface area contributed by atoms with Crippen LogP contribution in [0.2, 0.25) is 0 Å². The monoisotopic (exact) mass is 220 g/mol. The largest absolute Gasteiger partial charge is 0.478 e. The van der Waals surface area contributed by atoms with Gasteiger partial charge >= 0.3 is 5.97 Å². The van der Waals surface area contributed by atoms with Gasteiger partial charge in [-0.2, -0.15) is 0 Å². The van der Waals surface area contributed by atoms with E-state index < -0.39 is 11.8 Å². The Morgan fingerprint density at radius 3 is 2.62 bits per heavy atom. The minimum atomic E-state index is -1.08. The highest BCUT2D eigenvalue weighted by molar-refractivity contribution is 5.90. The highest BCUT2D eigenvalue weighted by Gasteiger charge is 2.16. The fourth-order valence-electron chi connectivity index (χ4n) is 1.49. The number of hydrogen-bond donors (Lipinski definition) is 1. The van der Waals surface area contributed by atoms with E-state index in [0.717, 1.165) is 0 Å². The predicted octanol–water partition coefficient (Wildman–Crippen LogP) is 3.09. The van der Waals surface area contributed by atoms with E-state index in [2.05, 4.69) is 0 Å². The molecule has 0 aliphatic heterocycles. The number of aryl methyl sites for hydroxylation is 1. The lowest BCUT2D eigenvalue weighted by molar-refractivity contribution is 0.0695. The molecular formula is C12H9FO3. The number of carbonyl (C=O) groups is 1. The molecule has 16 heavy (non-hydrogen) atoms. The summed E-state index contributed by atoms with van der Waals surface area (Å²) in [6.07, 6.45) is 0. The number of furan rings is 1. The van der Waals surface area contributed by atoms with E-state index in [-0.39, 0.29) is 22.6 Å². The van der Waals surface area contributed by atoms with E-state index in [4.69, 9.17) is 9.52 Å². The Morgan fingerprint density at radius 1 is 1.38 bits per heavy atom. The number of halogens is 1. The van der Waals surface area contributed by atoms with Gasteiger partial charge in [-0.05, 0) is 25.1 Å². The van der Waals surface area contributed by atoms with Gasteiger partial charge < -0.3 is 9.52 Å². The van der Waals surface area contributed by atoms with Gasteiger partial charge in [0.15, 0.2) is 0 Å². The first-order valence-electron chi connectivity index (χ1n) is 4.68.